The molecule has 1 saturated heterocycles. The number of benzene rings is 2. The summed E-state index contributed by atoms with van der Waals surface area (Å²) >= 11 is 12.1. The van der Waals surface area contributed by atoms with E-state index in [0.717, 1.165) is 24.9 Å². The first kappa shape index (κ1) is 23.9. The number of hydrogen-bond donors (Lipinski definition) is 2. The zero-order valence-corrected chi connectivity index (χ0v) is 21.1. The maximum Gasteiger partial charge on any atom is 0.328 e. The third kappa shape index (κ3) is 4.24. The van der Waals surface area contributed by atoms with Crippen LogP contribution in [0.25, 0.3) is 0 Å². The Bertz CT molecular complexity index is 1220. The molecule has 0 bridgehead atoms. The zero-order valence-electron chi connectivity index (χ0n) is 19.5. The van der Waals surface area contributed by atoms with E-state index in [1.807, 2.05) is 6.07 Å². The number of likely N-dealkylation sites (N-methyl/N-ethyl adjacent to an activating group) is 2. The van der Waals surface area contributed by atoms with Gasteiger partial charge in [-0.2, -0.15) is 0 Å². The second-order valence-corrected chi connectivity index (χ2v) is 10.1. The highest BCUT2D eigenvalue weighted by Crippen LogP contribution is 2.37. The molecule has 0 saturated carbocycles. The van der Waals surface area contributed by atoms with Crippen LogP contribution in [0.5, 0.6) is 0 Å². The second-order valence-electron chi connectivity index (χ2n) is 9.27. The molecule has 3 amide bonds. The molecule has 35 heavy (non-hydrogen) atoms. The number of aliphatic imine (C=N–C) groups is 1. The monoisotopic (exact) mass is 515 g/mol. The fraction of sp³-hybridized carbons (Fsp3) is 0.400. The Hall–Kier alpha value is -2.81. The molecular formula is C25H27Cl2N5O3. The van der Waals surface area contributed by atoms with Crippen LogP contribution in [0.3, 0.4) is 0 Å². The van der Waals surface area contributed by atoms with Crippen LogP contribution in [0.1, 0.15) is 35.4 Å². The molecule has 10 heteroatoms. The van der Waals surface area contributed by atoms with Gasteiger partial charge in [-0.25, -0.2) is 9.79 Å². The highest BCUT2D eigenvalue weighted by Gasteiger charge is 2.51. The van der Waals surface area contributed by atoms with Gasteiger partial charge in [0.05, 0.1) is 16.6 Å². The summed E-state index contributed by atoms with van der Waals surface area (Å²) in [7, 11) is 3.46. The van der Waals surface area contributed by atoms with Crippen molar-refractivity contribution in [2.75, 3.05) is 26.0 Å². The number of amides is 3. The predicted molar refractivity (Wildman–Crippen MR) is 136 cm³/mol. The van der Waals surface area contributed by atoms with E-state index in [1.165, 1.54) is 20.9 Å². The van der Waals surface area contributed by atoms with E-state index in [2.05, 4.69) is 17.4 Å². The van der Waals surface area contributed by atoms with Crippen LogP contribution in [0.2, 0.25) is 10.0 Å². The van der Waals surface area contributed by atoms with Crippen molar-refractivity contribution < 1.29 is 14.7 Å². The molecule has 2 N–H and O–H groups in total. The lowest BCUT2D eigenvalue weighted by molar-refractivity contribution is -0.137. The Kier molecular flexibility index (Phi) is 6.38. The number of aliphatic hydroxyl groups excluding tert-OH is 1. The molecule has 3 atom stereocenters. The predicted octanol–water partition coefficient (Wildman–Crippen LogP) is 3.91. The van der Waals surface area contributed by atoms with E-state index in [-0.39, 0.29) is 19.1 Å². The number of nitrogens with one attached hydrogen (secondary N) is 1. The summed E-state index contributed by atoms with van der Waals surface area (Å²) in [6, 6.07) is 10.2. The maximum absolute atomic E-state index is 13.4. The fourth-order valence-corrected chi connectivity index (χ4v) is 5.53. The Morgan fingerprint density at radius 1 is 1.09 bits per heavy atom. The summed E-state index contributed by atoms with van der Waals surface area (Å²) in [5.41, 5.74) is 4.14. The molecule has 5 rings (SSSR count). The fourth-order valence-electron chi connectivity index (χ4n) is 5.20. The first-order chi connectivity index (χ1) is 16.8. The molecule has 2 aliphatic heterocycles. The quantitative estimate of drug-likeness (QED) is 0.630. The standard InChI is InChI=1S/C25H27Cl2N5O3/c1-30-21-22(29-24(30)28-17-7-6-15-4-5-16(9-10-33)18(15)12-17)31(2)25(35)32(23(21)34)13-14-3-8-19(26)20(27)11-14/h3,6-8,11-12,16,21-22,33H,4-5,9-10,13H2,1-2H3,(H,28,29). The van der Waals surface area contributed by atoms with Gasteiger partial charge in [0.2, 0.25) is 5.96 Å². The number of halogens is 2. The van der Waals surface area contributed by atoms with Crippen LogP contribution >= 0.6 is 23.2 Å². The van der Waals surface area contributed by atoms with Gasteiger partial charge in [0, 0.05) is 26.4 Å². The molecule has 3 aliphatic rings. The maximum atomic E-state index is 13.4. The van der Waals surface area contributed by atoms with Gasteiger partial charge in [-0.1, -0.05) is 35.3 Å². The number of guanidine groups is 1. The van der Waals surface area contributed by atoms with Crippen molar-refractivity contribution in [3.8, 4) is 0 Å². The minimum absolute atomic E-state index is 0.0930. The Morgan fingerprint density at radius 2 is 1.89 bits per heavy atom. The molecule has 1 fully saturated rings. The number of fused-ring (bicyclic) bond motifs is 2. The summed E-state index contributed by atoms with van der Waals surface area (Å²) in [5, 5.41) is 13.5. The molecule has 184 valence electrons. The first-order valence-electron chi connectivity index (χ1n) is 11.6. The number of anilines is 1. The largest absolute Gasteiger partial charge is 0.396 e. The molecule has 0 radical (unpaired) electrons. The minimum Gasteiger partial charge on any atom is -0.396 e. The molecule has 8 nitrogen and oxygen atoms in total. The molecule has 1 aliphatic carbocycles. The highest BCUT2D eigenvalue weighted by atomic mass is 35.5. The molecule has 2 heterocycles. The van der Waals surface area contributed by atoms with Gasteiger partial charge in [-0.3, -0.25) is 9.69 Å². The molecule has 2 aromatic carbocycles. The van der Waals surface area contributed by atoms with E-state index in [4.69, 9.17) is 28.2 Å². The SMILES string of the molecule is CN1C(=O)N(Cc2ccc(Cl)c(Cl)c2)C(=O)C2C1N=C(Nc1ccc3c(c1)C(CCO)CC3)N2C. The Balaban J connectivity index is 1.36. The normalized spacial score (nSPS) is 23.5. The van der Waals surface area contributed by atoms with Gasteiger partial charge in [-0.15, -0.1) is 0 Å². The number of urea groups is 1. The van der Waals surface area contributed by atoms with Gasteiger partial charge in [0.1, 0.15) is 0 Å². The smallest absolute Gasteiger partial charge is 0.328 e. The van der Waals surface area contributed by atoms with Crippen LogP contribution < -0.4 is 5.32 Å². The number of carbonyl (C=O) groups excluding carboxylic acids is 2. The lowest BCUT2D eigenvalue weighted by Gasteiger charge is -2.40. The van der Waals surface area contributed by atoms with Crippen LogP contribution in [0.4, 0.5) is 10.5 Å². The van der Waals surface area contributed by atoms with Gasteiger partial charge in [0.25, 0.3) is 5.91 Å². The van der Waals surface area contributed by atoms with E-state index < -0.39 is 18.2 Å². The molecule has 0 spiro atoms. The van der Waals surface area contributed by atoms with E-state index in [9.17, 15) is 14.7 Å². The van der Waals surface area contributed by atoms with E-state index in [0.29, 0.717) is 27.5 Å². The number of carbonyl (C=O) groups is 2. The van der Waals surface area contributed by atoms with Crippen molar-refractivity contribution in [3.05, 3.63) is 63.1 Å². The minimum atomic E-state index is -0.639. The van der Waals surface area contributed by atoms with E-state index in [1.54, 1.807) is 37.2 Å². The Morgan fingerprint density at radius 3 is 2.63 bits per heavy atom. The van der Waals surface area contributed by atoms with Gasteiger partial charge in [-0.05, 0) is 66.1 Å². The third-order valence-electron chi connectivity index (χ3n) is 7.14. The van der Waals surface area contributed by atoms with Crippen molar-refractivity contribution >= 4 is 46.8 Å². The summed E-state index contributed by atoms with van der Waals surface area (Å²) in [5.74, 6) is 0.563. The average molecular weight is 516 g/mol. The lowest BCUT2D eigenvalue weighted by Crippen LogP contribution is -2.64. The average Bonchev–Trinajstić information content (AvgIpc) is 3.39. The van der Waals surface area contributed by atoms with Crippen molar-refractivity contribution in [1.82, 2.24) is 14.7 Å². The number of imide groups is 1. The zero-order chi connectivity index (χ0) is 24.9. The lowest BCUT2D eigenvalue weighted by atomic mass is 9.98. The summed E-state index contributed by atoms with van der Waals surface area (Å²) in [6.45, 7) is 0.261. The summed E-state index contributed by atoms with van der Waals surface area (Å²) in [6.07, 6.45) is 2.18. The van der Waals surface area contributed by atoms with Gasteiger partial charge in [0.15, 0.2) is 12.2 Å². The number of nitrogens with zero attached hydrogens (tertiary/aromatic N) is 4. The van der Waals surface area contributed by atoms with Crippen molar-refractivity contribution in [1.29, 1.82) is 0 Å². The molecule has 3 unspecified atom stereocenters. The summed E-state index contributed by atoms with van der Waals surface area (Å²) in [4.78, 5) is 35.7. The van der Waals surface area contributed by atoms with Crippen molar-refractivity contribution in [2.45, 2.75) is 43.9 Å². The second kappa shape index (κ2) is 9.33. The topological polar surface area (TPSA) is 88.5 Å². The van der Waals surface area contributed by atoms with Crippen LogP contribution in [0.15, 0.2) is 41.4 Å². The number of aliphatic hydroxyl groups is 1. The van der Waals surface area contributed by atoms with Crippen LogP contribution in [-0.2, 0) is 17.8 Å². The third-order valence-corrected chi connectivity index (χ3v) is 7.88. The summed E-state index contributed by atoms with van der Waals surface area (Å²) < 4.78 is 0. The molecular weight excluding hydrogens is 489 g/mol. The van der Waals surface area contributed by atoms with Crippen molar-refractivity contribution in [2.24, 2.45) is 4.99 Å². The Labute approximate surface area is 214 Å². The molecule has 0 aromatic heterocycles. The highest BCUT2D eigenvalue weighted by molar-refractivity contribution is 6.42. The van der Waals surface area contributed by atoms with Gasteiger partial charge < -0.3 is 20.2 Å². The number of rotatable bonds is 5. The van der Waals surface area contributed by atoms with Gasteiger partial charge >= 0.3 is 6.03 Å². The number of aryl methyl sites for hydroxylation is 1. The van der Waals surface area contributed by atoms with Crippen LogP contribution in [-0.4, -0.2) is 70.6 Å². The van der Waals surface area contributed by atoms with E-state index >= 15 is 0 Å². The first-order valence-corrected chi connectivity index (χ1v) is 12.4. The van der Waals surface area contributed by atoms with Crippen LogP contribution in [0, 0.1) is 0 Å². The number of hydrogen-bond acceptors (Lipinski definition) is 6. The van der Waals surface area contributed by atoms with Crippen molar-refractivity contribution in [3.63, 3.8) is 0 Å². The molecule has 2 aromatic rings.